The first kappa shape index (κ1) is 22.0. The molecule has 0 aliphatic carbocycles. The molecule has 1 amide bonds. The molecule has 1 saturated heterocycles. The Hall–Kier alpha value is -3.21. The second kappa shape index (κ2) is 8.73. The number of hydrogen-bond acceptors (Lipinski definition) is 8. The predicted molar refractivity (Wildman–Crippen MR) is 118 cm³/mol. The zero-order valence-electron chi connectivity index (χ0n) is 17.9. The number of carboxylic acid groups (broad SMARTS) is 1. The molecule has 0 radical (unpaired) electrons. The third kappa shape index (κ3) is 4.38. The average molecular weight is 460 g/mol. The summed E-state index contributed by atoms with van der Waals surface area (Å²) in [7, 11) is -3.29. The Bertz CT molecular complexity index is 1220. The van der Waals surface area contributed by atoms with Crippen LogP contribution in [0.1, 0.15) is 19.8 Å². The topological polar surface area (TPSA) is 130 Å². The monoisotopic (exact) mass is 459 g/mol. The van der Waals surface area contributed by atoms with E-state index < -0.39 is 15.9 Å². The minimum atomic E-state index is -3.29. The van der Waals surface area contributed by atoms with Gasteiger partial charge in [0, 0.05) is 38.0 Å². The van der Waals surface area contributed by atoms with Crippen molar-refractivity contribution in [1.82, 2.24) is 20.0 Å². The van der Waals surface area contributed by atoms with Crippen LogP contribution in [0.15, 0.2) is 40.0 Å². The second-order valence-corrected chi connectivity index (χ2v) is 9.97. The smallest absolute Gasteiger partial charge is 0.407 e. The number of rotatable bonds is 6. The molecule has 3 aromatic rings. The molecule has 0 spiro atoms. The lowest BCUT2D eigenvalue weighted by atomic mass is 9.96. The van der Waals surface area contributed by atoms with E-state index in [-0.39, 0.29) is 4.90 Å². The standard InChI is InChI=1S/C21H25N5O5S/c1-3-25(12-14-8-10-26(11-9-14)21(27)28)20-19-18(22-13-23-20)17(24-31-19)15-4-6-16(7-5-15)32(2,29)30/h4-7,13-14H,3,8-12H2,1-2H3,(H,27,28). The molecule has 0 unspecified atom stereocenters. The van der Waals surface area contributed by atoms with E-state index in [2.05, 4.69) is 20.0 Å². The van der Waals surface area contributed by atoms with Crippen LogP contribution in [0.3, 0.4) is 0 Å². The number of likely N-dealkylation sites (tertiary alicyclic amines) is 1. The summed E-state index contributed by atoms with van der Waals surface area (Å²) < 4.78 is 29.1. The molecule has 0 saturated carbocycles. The first-order valence-corrected chi connectivity index (χ1v) is 12.3. The molecule has 32 heavy (non-hydrogen) atoms. The maximum atomic E-state index is 11.7. The zero-order chi connectivity index (χ0) is 22.9. The molecule has 1 aliphatic heterocycles. The molecule has 2 aromatic heterocycles. The number of carbonyl (C=O) groups is 1. The minimum Gasteiger partial charge on any atom is -0.465 e. The van der Waals surface area contributed by atoms with Gasteiger partial charge in [-0.2, -0.15) is 0 Å². The highest BCUT2D eigenvalue weighted by atomic mass is 32.2. The molecular formula is C21H25N5O5S. The third-order valence-electron chi connectivity index (χ3n) is 5.84. The lowest BCUT2D eigenvalue weighted by molar-refractivity contribution is 0.125. The molecule has 1 aliphatic rings. The number of anilines is 1. The molecule has 1 aromatic carbocycles. The van der Waals surface area contributed by atoms with Gasteiger partial charge in [-0.05, 0) is 37.8 Å². The van der Waals surface area contributed by atoms with Gasteiger partial charge in [-0.15, -0.1) is 0 Å². The van der Waals surface area contributed by atoms with Crippen molar-refractivity contribution in [2.75, 3.05) is 37.3 Å². The highest BCUT2D eigenvalue weighted by Crippen LogP contribution is 2.32. The fraction of sp³-hybridized carbons (Fsp3) is 0.429. The number of benzene rings is 1. The quantitative estimate of drug-likeness (QED) is 0.591. The van der Waals surface area contributed by atoms with Crippen LogP contribution in [0.4, 0.5) is 10.6 Å². The van der Waals surface area contributed by atoms with E-state index in [0.717, 1.165) is 25.6 Å². The number of amides is 1. The van der Waals surface area contributed by atoms with Crippen LogP contribution in [-0.4, -0.2) is 72.1 Å². The van der Waals surface area contributed by atoms with E-state index in [4.69, 9.17) is 9.63 Å². The van der Waals surface area contributed by atoms with Crippen LogP contribution in [0, 0.1) is 5.92 Å². The van der Waals surface area contributed by atoms with Gasteiger partial charge in [0.05, 0.1) is 4.90 Å². The maximum Gasteiger partial charge on any atom is 0.407 e. The van der Waals surface area contributed by atoms with E-state index in [1.165, 1.54) is 23.4 Å². The third-order valence-corrected chi connectivity index (χ3v) is 6.97. The molecule has 0 bridgehead atoms. The summed E-state index contributed by atoms with van der Waals surface area (Å²) in [5.41, 5.74) is 2.25. The number of aromatic nitrogens is 3. The van der Waals surface area contributed by atoms with Crippen molar-refractivity contribution in [3.05, 3.63) is 30.6 Å². The predicted octanol–water partition coefficient (Wildman–Crippen LogP) is 2.90. The van der Waals surface area contributed by atoms with Gasteiger partial charge in [-0.25, -0.2) is 23.2 Å². The van der Waals surface area contributed by atoms with Crippen molar-refractivity contribution in [1.29, 1.82) is 0 Å². The van der Waals surface area contributed by atoms with E-state index >= 15 is 0 Å². The van der Waals surface area contributed by atoms with Crippen molar-refractivity contribution in [2.24, 2.45) is 5.92 Å². The number of hydrogen-bond donors (Lipinski definition) is 1. The first-order valence-electron chi connectivity index (χ1n) is 10.4. The van der Waals surface area contributed by atoms with Crippen LogP contribution < -0.4 is 4.90 Å². The van der Waals surface area contributed by atoms with Crippen molar-refractivity contribution >= 4 is 32.8 Å². The van der Waals surface area contributed by atoms with Gasteiger partial charge in [-0.3, -0.25) is 0 Å². The number of sulfone groups is 1. The Morgan fingerprint density at radius 1 is 1.22 bits per heavy atom. The van der Waals surface area contributed by atoms with Crippen LogP contribution in [0.5, 0.6) is 0 Å². The summed E-state index contributed by atoms with van der Waals surface area (Å²) in [6.45, 7) is 4.53. The van der Waals surface area contributed by atoms with Gasteiger partial charge >= 0.3 is 6.09 Å². The number of piperidine rings is 1. The minimum absolute atomic E-state index is 0.232. The Labute approximate surface area is 185 Å². The molecule has 3 heterocycles. The van der Waals surface area contributed by atoms with Gasteiger partial charge < -0.3 is 19.4 Å². The molecule has 4 rings (SSSR count). The molecule has 11 heteroatoms. The van der Waals surface area contributed by atoms with Crippen molar-refractivity contribution in [3.8, 4) is 11.3 Å². The maximum absolute atomic E-state index is 11.7. The molecule has 0 atom stereocenters. The molecule has 170 valence electrons. The lowest BCUT2D eigenvalue weighted by Crippen LogP contribution is -2.41. The molecular weight excluding hydrogens is 434 g/mol. The summed E-state index contributed by atoms with van der Waals surface area (Å²) in [4.78, 5) is 23.7. The van der Waals surface area contributed by atoms with Crippen molar-refractivity contribution in [2.45, 2.75) is 24.7 Å². The summed E-state index contributed by atoms with van der Waals surface area (Å²) >= 11 is 0. The van der Waals surface area contributed by atoms with Crippen LogP contribution in [-0.2, 0) is 9.84 Å². The second-order valence-electron chi connectivity index (χ2n) is 7.95. The normalized spacial score (nSPS) is 15.2. The van der Waals surface area contributed by atoms with Crippen molar-refractivity contribution < 1.29 is 22.8 Å². The summed E-state index contributed by atoms with van der Waals surface area (Å²) in [5, 5.41) is 13.3. The van der Waals surface area contributed by atoms with E-state index in [1.807, 2.05) is 6.92 Å². The highest BCUT2D eigenvalue weighted by molar-refractivity contribution is 7.90. The van der Waals surface area contributed by atoms with Gasteiger partial charge in [0.15, 0.2) is 15.7 Å². The van der Waals surface area contributed by atoms with Crippen molar-refractivity contribution in [3.63, 3.8) is 0 Å². The zero-order valence-corrected chi connectivity index (χ0v) is 18.7. The Kier molecular flexibility index (Phi) is 6.00. The van der Waals surface area contributed by atoms with Gasteiger partial charge in [0.25, 0.3) is 0 Å². The number of fused-ring (bicyclic) bond motifs is 1. The van der Waals surface area contributed by atoms with E-state index in [0.29, 0.717) is 53.7 Å². The Morgan fingerprint density at radius 2 is 1.91 bits per heavy atom. The van der Waals surface area contributed by atoms with Gasteiger partial charge in [0.2, 0.25) is 5.58 Å². The van der Waals surface area contributed by atoms with Crippen LogP contribution in [0.2, 0.25) is 0 Å². The van der Waals surface area contributed by atoms with Gasteiger partial charge in [0.1, 0.15) is 17.5 Å². The van der Waals surface area contributed by atoms with Gasteiger partial charge in [-0.1, -0.05) is 17.3 Å². The molecule has 10 nitrogen and oxygen atoms in total. The summed E-state index contributed by atoms with van der Waals surface area (Å²) in [6, 6.07) is 6.44. The molecule has 1 N–H and O–H groups in total. The van der Waals surface area contributed by atoms with Crippen LogP contribution >= 0.6 is 0 Å². The fourth-order valence-corrected chi connectivity index (χ4v) is 4.64. The van der Waals surface area contributed by atoms with Crippen LogP contribution in [0.25, 0.3) is 22.4 Å². The summed E-state index contributed by atoms with van der Waals surface area (Å²) in [5.74, 6) is 0.992. The van der Waals surface area contributed by atoms with E-state index in [1.54, 1.807) is 12.1 Å². The Balaban J connectivity index is 1.59. The molecule has 1 fully saturated rings. The Morgan fingerprint density at radius 3 is 2.50 bits per heavy atom. The SMILES string of the molecule is CCN(CC1CCN(C(=O)O)CC1)c1ncnc2c(-c3ccc(S(C)(=O)=O)cc3)noc12. The largest absolute Gasteiger partial charge is 0.465 e. The highest BCUT2D eigenvalue weighted by Gasteiger charge is 2.26. The number of nitrogens with zero attached hydrogens (tertiary/aromatic N) is 5. The van der Waals surface area contributed by atoms with E-state index in [9.17, 15) is 13.2 Å². The fourth-order valence-electron chi connectivity index (χ4n) is 4.01. The average Bonchev–Trinajstić information content (AvgIpc) is 3.22. The first-order chi connectivity index (χ1) is 15.3. The lowest BCUT2D eigenvalue weighted by Gasteiger charge is -2.33. The summed E-state index contributed by atoms with van der Waals surface area (Å²) in [6.07, 6.45) is 3.36.